The Balaban J connectivity index is 0.000000186. The lowest BCUT2D eigenvalue weighted by Crippen LogP contribution is -2.51. The molecule has 2 aliphatic carbocycles. The second-order valence-corrected chi connectivity index (χ2v) is 20.6. The van der Waals surface area contributed by atoms with Crippen molar-refractivity contribution in [3.63, 3.8) is 0 Å². The molecule has 72 heavy (non-hydrogen) atoms. The van der Waals surface area contributed by atoms with Crippen molar-refractivity contribution in [1.29, 1.82) is 0 Å². The maximum absolute atomic E-state index is 12.7. The fraction of sp³-hybridized carbons (Fsp3) is 0.389. The Labute approximate surface area is 442 Å². The molecule has 4 aliphatic rings. The molecule has 4 atom stereocenters. The number of nitrogens with one attached hydrogen (secondary N) is 1. The van der Waals surface area contributed by atoms with Gasteiger partial charge in [-0.25, -0.2) is 14.8 Å². The number of piperazine rings is 2. The highest BCUT2D eigenvalue weighted by Gasteiger charge is 2.37. The number of alkyl halides is 2. The number of hydrogen-bond donors (Lipinski definition) is 1. The van der Waals surface area contributed by atoms with Crippen LogP contribution in [0.25, 0.3) is 23.3 Å². The zero-order valence-electron chi connectivity index (χ0n) is 41.7. The van der Waals surface area contributed by atoms with Gasteiger partial charge in [0.15, 0.2) is 0 Å². The number of nitrogens with zero attached hydrogens (tertiary/aromatic N) is 9. The molecule has 6 heterocycles. The van der Waals surface area contributed by atoms with E-state index in [4.69, 9.17) is 70.6 Å². The lowest BCUT2D eigenvalue weighted by molar-refractivity contribution is 0.0118. The van der Waals surface area contributed by atoms with Crippen LogP contribution in [0.5, 0.6) is 0 Å². The van der Waals surface area contributed by atoms with E-state index in [0.717, 1.165) is 87.9 Å². The molecular formula is C54H62Cl4N10O4. The van der Waals surface area contributed by atoms with E-state index in [1.807, 2.05) is 99.1 Å². The molecule has 4 aromatic heterocycles. The van der Waals surface area contributed by atoms with Crippen LogP contribution in [-0.4, -0.2) is 127 Å². The van der Waals surface area contributed by atoms with Crippen LogP contribution in [-0.2, 0) is 28.3 Å². The number of aryl methyl sites for hydroxylation is 2. The van der Waals surface area contributed by atoms with Gasteiger partial charge in [0.25, 0.3) is 0 Å². The van der Waals surface area contributed by atoms with Crippen molar-refractivity contribution in [2.45, 2.75) is 50.7 Å². The standard InChI is InChI=1S/C29H34ClN5O3.C24H26ClN5O.CH2Cl2/c1-29(2,3)38-28(36)35-13-11-34(12-14-35)26-21-9-8-20(30)16-22(21)23(15-19-7-6-10-32-25(19)26)27(37-5)24-17-31-18-33(24)4;1-29-15-27-14-21(29)24(31-2)20-12-16-4-3-7-28-22(16)23(30-10-8-26-9-11-30)18-6-5-17(25)13-19(18)20;2-1-3/h6-10,15-18,26-27H,11-14H2,1-5H3;3-7,12-15,23-24,26H,8-11H2,1-2H3;1H2/t26-,27?;23-,24?;/m00./s1. The topological polar surface area (TPSA) is 128 Å². The number of aromatic nitrogens is 6. The number of rotatable bonds is 8. The number of carbonyl (C=O) groups excluding carboxylic acids is 1. The predicted molar refractivity (Wildman–Crippen MR) is 287 cm³/mol. The number of benzene rings is 2. The van der Waals surface area contributed by atoms with Crippen molar-refractivity contribution in [2.75, 3.05) is 71.9 Å². The van der Waals surface area contributed by atoms with Crippen LogP contribution in [0.15, 0.2) is 98.1 Å². The predicted octanol–water partition coefficient (Wildman–Crippen LogP) is 10.5. The summed E-state index contributed by atoms with van der Waals surface area (Å²) in [6.45, 7) is 12.1. The highest BCUT2D eigenvalue weighted by molar-refractivity contribution is 6.40. The van der Waals surface area contributed by atoms with Crippen LogP contribution in [0.4, 0.5) is 4.79 Å². The van der Waals surface area contributed by atoms with Crippen molar-refractivity contribution in [3.05, 3.63) is 164 Å². The second kappa shape index (κ2) is 23.8. The van der Waals surface area contributed by atoms with Gasteiger partial charge < -0.3 is 33.6 Å². The molecule has 18 heteroatoms. The average Bonchev–Trinajstić information content (AvgIpc) is 3.93. The number of methoxy groups -OCH3 is 2. The van der Waals surface area contributed by atoms with E-state index in [1.54, 1.807) is 31.8 Å². The quantitative estimate of drug-likeness (QED) is 0.146. The van der Waals surface area contributed by atoms with Crippen molar-refractivity contribution >= 4 is 75.8 Å². The molecule has 2 saturated heterocycles. The fourth-order valence-electron chi connectivity index (χ4n) is 10.0. The molecule has 380 valence electrons. The zero-order chi connectivity index (χ0) is 51.1. The monoisotopic (exact) mass is 1050 g/mol. The minimum absolute atomic E-state index is 0.0587. The van der Waals surface area contributed by atoms with Crippen molar-refractivity contribution in [1.82, 2.24) is 49.1 Å². The average molecular weight is 1060 g/mol. The number of amides is 1. The maximum Gasteiger partial charge on any atom is 0.410 e. The summed E-state index contributed by atoms with van der Waals surface area (Å²) in [5, 5.41) is 5.02. The minimum atomic E-state index is -0.523. The molecule has 2 unspecified atom stereocenters. The lowest BCUT2D eigenvalue weighted by Gasteiger charge is -2.40. The molecule has 1 amide bonds. The van der Waals surface area contributed by atoms with E-state index in [9.17, 15) is 4.79 Å². The summed E-state index contributed by atoms with van der Waals surface area (Å²) in [5.41, 5.74) is 12.1. The summed E-state index contributed by atoms with van der Waals surface area (Å²) in [6, 6.07) is 20.4. The molecular weight excluding hydrogens is 994 g/mol. The van der Waals surface area contributed by atoms with Crippen LogP contribution in [0.1, 0.15) is 101 Å². The van der Waals surface area contributed by atoms with Gasteiger partial charge in [-0.05, 0) is 114 Å². The Hall–Kier alpha value is -5.13. The molecule has 0 bridgehead atoms. The van der Waals surface area contributed by atoms with E-state index in [1.165, 1.54) is 5.56 Å². The summed E-state index contributed by atoms with van der Waals surface area (Å²) in [4.78, 5) is 37.8. The molecule has 2 fully saturated rings. The van der Waals surface area contributed by atoms with Gasteiger partial charge >= 0.3 is 6.09 Å². The number of pyridine rings is 2. The number of halogens is 4. The van der Waals surface area contributed by atoms with E-state index in [2.05, 4.69) is 67.6 Å². The summed E-state index contributed by atoms with van der Waals surface area (Å²) in [6.07, 6.45) is 14.5. The Morgan fingerprint density at radius 3 is 1.54 bits per heavy atom. The molecule has 6 aromatic rings. The zero-order valence-corrected chi connectivity index (χ0v) is 44.8. The first-order valence-corrected chi connectivity index (χ1v) is 25.8. The molecule has 2 aliphatic heterocycles. The van der Waals surface area contributed by atoms with Crippen molar-refractivity contribution < 1.29 is 19.0 Å². The van der Waals surface area contributed by atoms with Crippen LogP contribution in [0.2, 0.25) is 10.0 Å². The highest BCUT2D eigenvalue weighted by Crippen LogP contribution is 2.47. The minimum Gasteiger partial charge on any atom is -0.444 e. The maximum atomic E-state index is 12.7. The number of hydrogen-bond acceptors (Lipinski definition) is 11. The molecule has 0 radical (unpaired) electrons. The van der Waals surface area contributed by atoms with Crippen LogP contribution < -0.4 is 5.32 Å². The van der Waals surface area contributed by atoms with Crippen molar-refractivity contribution in [2.24, 2.45) is 14.1 Å². The molecule has 0 spiro atoms. The second-order valence-electron chi connectivity index (χ2n) is 18.9. The van der Waals surface area contributed by atoms with Gasteiger partial charge in [0.05, 0.1) is 65.2 Å². The lowest BCUT2D eigenvalue weighted by atomic mass is 9.91. The third-order valence-corrected chi connectivity index (χ3v) is 13.7. The number of ether oxygens (including phenoxy) is 3. The first-order valence-electron chi connectivity index (χ1n) is 23.9. The molecule has 0 saturated carbocycles. The van der Waals surface area contributed by atoms with E-state index < -0.39 is 5.60 Å². The van der Waals surface area contributed by atoms with E-state index in [-0.39, 0.29) is 35.7 Å². The largest absolute Gasteiger partial charge is 0.444 e. The van der Waals surface area contributed by atoms with Crippen LogP contribution in [0.3, 0.4) is 0 Å². The Kier molecular flexibility index (Phi) is 17.6. The van der Waals surface area contributed by atoms with Gasteiger partial charge in [0.2, 0.25) is 0 Å². The normalized spacial score (nSPS) is 18.7. The Morgan fingerprint density at radius 2 is 1.14 bits per heavy atom. The first-order chi connectivity index (χ1) is 34.7. The number of fused-ring (bicyclic) bond motifs is 4. The van der Waals surface area contributed by atoms with Gasteiger partial charge in [0, 0.05) is 103 Å². The van der Waals surface area contributed by atoms with Gasteiger partial charge in [-0.3, -0.25) is 19.8 Å². The molecule has 10 rings (SSSR count). The van der Waals surface area contributed by atoms with Crippen LogP contribution >= 0.6 is 46.4 Å². The third kappa shape index (κ3) is 11.8. The fourth-order valence-corrected chi connectivity index (χ4v) is 10.4. The first kappa shape index (κ1) is 53.2. The Morgan fingerprint density at radius 1 is 0.694 bits per heavy atom. The number of imidazole rings is 2. The SMILES string of the molecule is COC(C1=Cc2cccnc2[C@@H](N2CCN(C(=O)OC(C)(C)C)CC2)c2ccc(Cl)cc21)c1cncn1C.COC(C1=Cc2cccnc2[C@@H](N2CCNCC2)c2ccc(Cl)cc21)c1cncn1C.ClCCl. The van der Waals surface area contributed by atoms with Gasteiger partial charge in [-0.15, -0.1) is 23.2 Å². The number of carbonyl (C=O) groups is 1. The smallest absolute Gasteiger partial charge is 0.410 e. The van der Waals surface area contributed by atoms with Gasteiger partial charge in [-0.2, -0.15) is 0 Å². The van der Waals surface area contributed by atoms with Gasteiger partial charge in [0.1, 0.15) is 17.8 Å². The molecule has 2 aromatic carbocycles. The Bertz CT molecular complexity index is 2880. The summed E-state index contributed by atoms with van der Waals surface area (Å²) in [5.74, 6) is 0. The highest BCUT2D eigenvalue weighted by atomic mass is 35.5. The summed E-state index contributed by atoms with van der Waals surface area (Å²) < 4.78 is 21.7. The summed E-state index contributed by atoms with van der Waals surface area (Å²) >= 11 is 22.6. The third-order valence-electron chi connectivity index (χ3n) is 13.3. The van der Waals surface area contributed by atoms with Crippen LogP contribution in [0, 0.1) is 0 Å². The van der Waals surface area contributed by atoms with Gasteiger partial charge in [-0.1, -0.05) is 47.5 Å². The van der Waals surface area contributed by atoms with E-state index in [0.29, 0.717) is 36.2 Å². The van der Waals surface area contributed by atoms with E-state index >= 15 is 0 Å². The summed E-state index contributed by atoms with van der Waals surface area (Å²) in [7, 11) is 7.41. The molecule has 14 nitrogen and oxygen atoms in total. The molecule has 1 N–H and O–H groups in total. The van der Waals surface area contributed by atoms with Crippen molar-refractivity contribution in [3.8, 4) is 0 Å².